The molecule has 0 aliphatic rings. The van der Waals surface area contributed by atoms with Crippen LogP contribution < -0.4 is 15.2 Å². The Morgan fingerprint density at radius 2 is 2.07 bits per heavy atom. The Balaban J connectivity index is 2.05. The zero-order valence-electron chi connectivity index (χ0n) is 15.3. The second-order valence-corrected chi connectivity index (χ2v) is 5.63. The minimum atomic E-state index is -0.511. The van der Waals surface area contributed by atoms with E-state index in [1.165, 1.54) is 20.5 Å². The lowest BCUT2D eigenvalue weighted by molar-refractivity contribution is -0.142. The summed E-state index contributed by atoms with van der Waals surface area (Å²) in [5.74, 6) is 0.866. The lowest BCUT2D eigenvalue weighted by atomic mass is 9.99. The molecule has 1 aromatic carbocycles. The lowest BCUT2D eigenvalue weighted by Crippen LogP contribution is -2.13. The third-order valence-electron chi connectivity index (χ3n) is 3.98. The van der Waals surface area contributed by atoms with Gasteiger partial charge < -0.3 is 24.4 Å². The molecule has 2 aromatic heterocycles. The number of ether oxygens (including phenoxy) is 3. The maximum Gasteiger partial charge on any atom is 0.343 e. The standard InChI is InChI=1S/C20H17N3O5/c1-25-18-8-12(5-6-17(18)28-11-19(24)26-2)13-9-15(16-4-3-7-27-16)23-20(22)14(13)10-21/h3-9H,11H2,1-2H3,(H2,22,23). The van der Waals surface area contributed by atoms with Gasteiger partial charge in [0, 0.05) is 5.56 Å². The number of hydrogen-bond acceptors (Lipinski definition) is 8. The molecule has 8 heteroatoms. The lowest BCUT2D eigenvalue weighted by Gasteiger charge is -2.13. The first-order chi connectivity index (χ1) is 13.6. The minimum Gasteiger partial charge on any atom is -0.493 e. The number of nitrogen functional groups attached to an aromatic ring is 1. The first kappa shape index (κ1) is 18.8. The molecule has 28 heavy (non-hydrogen) atoms. The molecule has 0 atom stereocenters. The predicted octanol–water partition coefficient (Wildman–Crippen LogP) is 3.02. The van der Waals surface area contributed by atoms with Crippen molar-refractivity contribution < 1.29 is 23.4 Å². The minimum absolute atomic E-state index is 0.0939. The van der Waals surface area contributed by atoms with Crippen LogP contribution >= 0.6 is 0 Å². The van der Waals surface area contributed by atoms with E-state index in [2.05, 4.69) is 15.8 Å². The fraction of sp³-hybridized carbons (Fsp3) is 0.150. The summed E-state index contributed by atoms with van der Waals surface area (Å²) >= 11 is 0. The smallest absolute Gasteiger partial charge is 0.343 e. The Hall–Kier alpha value is -3.99. The summed E-state index contributed by atoms with van der Waals surface area (Å²) in [5.41, 5.74) is 7.96. The Labute approximate surface area is 161 Å². The molecule has 3 rings (SSSR count). The summed E-state index contributed by atoms with van der Waals surface area (Å²) in [5, 5.41) is 9.53. The van der Waals surface area contributed by atoms with Gasteiger partial charge in [-0.2, -0.15) is 5.26 Å². The quantitative estimate of drug-likeness (QED) is 0.649. The molecule has 2 heterocycles. The number of hydrogen-bond donors (Lipinski definition) is 1. The summed E-state index contributed by atoms with van der Waals surface area (Å²) in [4.78, 5) is 15.5. The normalized spacial score (nSPS) is 10.2. The van der Waals surface area contributed by atoms with E-state index in [-0.39, 0.29) is 18.0 Å². The highest BCUT2D eigenvalue weighted by molar-refractivity contribution is 5.80. The molecule has 0 unspecified atom stereocenters. The van der Waals surface area contributed by atoms with Crippen molar-refractivity contribution in [3.63, 3.8) is 0 Å². The van der Waals surface area contributed by atoms with Crippen LogP contribution in [0.1, 0.15) is 5.56 Å². The van der Waals surface area contributed by atoms with Crippen molar-refractivity contribution >= 4 is 11.8 Å². The van der Waals surface area contributed by atoms with Crippen LogP contribution in [0.25, 0.3) is 22.6 Å². The van der Waals surface area contributed by atoms with Gasteiger partial charge in [-0.1, -0.05) is 6.07 Å². The number of methoxy groups -OCH3 is 2. The van der Waals surface area contributed by atoms with Crippen LogP contribution in [0.5, 0.6) is 11.5 Å². The number of nitrogens with zero attached hydrogens (tertiary/aromatic N) is 2. The molecule has 8 nitrogen and oxygen atoms in total. The largest absolute Gasteiger partial charge is 0.493 e. The predicted molar refractivity (Wildman–Crippen MR) is 101 cm³/mol. The number of pyridine rings is 1. The number of furan rings is 1. The molecule has 0 radical (unpaired) electrons. The maximum absolute atomic E-state index is 11.3. The number of anilines is 1. The first-order valence-electron chi connectivity index (χ1n) is 8.20. The topological polar surface area (TPSA) is 121 Å². The van der Waals surface area contributed by atoms with Crippen molar-refractivity contribution in [1.82, 2.24) is 4.98 Å². The summed E-state index contributed by atoms with van der Waals surface area (Å²) < 4.78 is 20.7. The average Bonchev–Trinajstić information content (AvgIpc) is 3.26. The fourth-order valence-corrected chi connectivity index (χ4v) is 2.61. The van der Waals surface area contributed by atoms with Crippen LogP contribution in [0, 0.1) is 11.3 Å². The number of nitrogens with two attached hydrogens (primary N) is 1. The van der Waals surface area contributed by atoms with Gasteiger partial charge in [0.05, 0.1) is 20.5 Å². The molecule has 0 saturated carbocycles. The fourth-order valence-electron chi connectivity index (χ4n) is 2.61. The van der Waals surface area contributed by atoms with E-state index in [0.717, 1.165) is 0 Å². The van der Waals surface area contributed by atoms with E-state index in [0.29, 0.717) is 34.1 Å². The number of carbonyl (C=O) groups is 1. The molecule has 0 spiro atoms. The summed E-state index contributed by atoms with van der Waals surface area (Å²) in [6.07, 6.45) is 1.53. The molecule has 0 aliphatic heterocycles. The van der Waals surface area contributed by atoms with Gasteiger partial charge in [0.1, 0.15) is 23.1 Å². The molecule has 0 bridgehead atoms. The first-order valence-corrected chi connectivity index (χ1v) is 8.20. The van der Waals surface area contributed by atoms with Gasteiger partial charge in [-0.3, -0.25) is 0 Å². The molecular weight excluding hydrogens is 362 g/mol. The van der Waals surface area contributed by atoms with Gasteiger partial charge in [0.2, 0.25) is 0 Å². The number of nitriles is 1. The zero-order valence-corrected chi connectivity index (χ0v) is 15.3. The molecule has 0 saturated heterocycles. The van der Waals surface area contributed by atoms with Crippen molar-refractivity contribution in [2.45, 2.75) is 0 Å². The van der Waals surface area contributed by atoms with Crippen LogP contribution in [-0.4, -0.2) is 31.8 Å². The summed E-state index contributed by atoms with van der Waals surface area (Å²) in [6, 6.07) is 12.4. The molecular formula is C20H17N3O5. The van der Waals surface area contributed by atoms with Crippen LogP contribution in [-0.2, 0) is 9.53 Å². The van der Waals surface area contributed by atoms with E-state index < -0.39 is 5.97 Å². The van der Waals surface area contributed by atoms with Crippen LogP contribution in [0.3, 0.4) is 0 Å². The Kier molecular flexibility index (Phi) is 5.46. The zero-order chi connectivity index (χ0) is 20.1. The monoisotopic (exact) mass is 379 g/mol. The SMILES string of the molecule is COC(=O)COc1ccc(-c2cc(-c3ccco3)nc(N)c2C#N)cc1OC. The third kappa shape index (κ3) is 3.73. The van der Waals surface area contributed by atoms with Crippen molar-refractivity contribution in [2.75, 3.05) is 26.6 Å². The molecule has 2 N–H and O–H groups in total. The summed E-state index contributed by atoms with van der Waals surface area (Å²) in [7, 11) is 2.75. The van der Waals surface area contributed by atoms with Crippen molar-refractivity contribution in [3.05, 3.63) is 48.2 Å². The molecule has 3 aromatic rings. The van der Waals surface area contributed by atoms with Crippen molar-refractivity contribution in [2.24, 2.45) is 0 Å². The van der Waals surface area contributed by atoms with E-state index >= 15 is 0 Å². The van der Waals surface area contributed by atoms with Crippen LogP contribution in [0.2, 0.25) is 0 Å². The molecule has 0 fully saturated rings. The molecule has 142 valence electrons. The Morgan fingerprint density at radius 3 is 2.71 bits per heavy atom. The summed E-state index contributed by atoms with van der Waals surface area (Å²) in [6.45, 7) is -0.250. The number of rotatable bonds is 6. The highest BCUT2D eigenvalue weighted by atomic mass is 16.6. The van der Waals surface area contributed by atoms with Crippen molar-refractivity contribution in [3.8, 4) is 40.1 Å². The Bertz CT molecular complexity index is 1040. The molecule has 0 aliphatic carbocycles. The van der Waals surface area contributed by atoms with E-state index in [1.807, 2.05) is 0 Å². The second-order valence-electron chi connectivity index (χ2n) is 5.63. The number of esters is 1. The van der Waals surface area contributed by atoms with Gasteiger partial charge in [0.25, 0.3) is 0 Å². The highest BCUT2D eigenvalue weighted by Crippen LogP contribution is 2.36. The average molecular weight is 379 g/mol. The van der Waals surface area contributed by atoms with Gasteiger partial charge in [-0.15, -0.1) is 0 Å². The molecule has 0 amide bonds. The van der Waals surface area contributed by atoms with Gasteiger partial charge >= 0.3 is 5.97 Å². The van der Waals surface area contributed by atoms with Crippen LogP contribution in [0.15, 0.2) is 47.1 Å². The van der Waals surface area contributed by atoms with Crippen molar-refractivity contribution in [1.29, 1.82) is 5.26 Å². The Morgan fingerprint density at radius 1 is 1.25 bits per heavy atom. The van der Waals surface area contributed by atoms with E-state index in [9.17, 15) is 10.1 Å². The van der Waals surface area contributed by atoms with Gasteiger partial charge in [-0.05, 0) is 35.9 Å². The third-order valence-corrected chi connectivity index (χ3v) is 3.98. The van der Waals surface area contributed by atoms with E-state index in [4.69, 9.17) is 19.6 Å². The van der Waals surface area contributed by atoms with E-state index in [1.54, 1.807) is 36.4 Å². The van der Waals surface area contributed by atoms with Gasteiger partial charge in [0.15, 0.2) is 23.9 Å². The maximum atomic E-state index is 11.3. The van der Waals surface area contributed by atoms with Crippen LogP contribution in [0.4, 0.5) is 5.82 Å². The highest BCUT2D eigenvalue weighted by Gasteiger charge is 2.17. The number of aromatic nitrogens is 1. The second kappa shape index (κ2) is 8.14. The van der Waals surface area contributed by atoms with Gasteiger partial charge in [-0.25, -0.2) is 9.78 Å². The number of carbonyl (C=O) groups excluding carboxylic acids is 1. The number of benzene rings is 1.